The van der Waals surface area contributed by atoms with Crippen LogP contribution in [0.3, 0.4) is 0 Å². The zero-order chi connectivity index (χ0) is 9.80. The Hall–Kier alpha value is -0.570. The summed E-state index contributed by atoms with van der Waals surface area (Å²) in [5.41, 5.74) is 0. The molecule has 2 heterocycles. The zero-order valence-corrected chi connectivity index (χ0v) is 8.80. The molecule has 1 unspecified atom stereocenters. The molecule has 0 spiro atoms. The summed E-state index contributed by atoms with van der Waals surface area (Å²) in [6, 6.07) is 0.529. The van der Waals surface area contributed by atoms with Gasteiger partial charge in [0.25, 0.3) is 0 Å². The summed E-state index contributed by atoms with van der Waals surface area (Å²) < 4.78 is 0. The number of piperidine rings is 1. The summed E-state index contributed by atoms with van der Waals surface area (Å²) in [5.74, 6) is 0.241. The monoisotopic (exact) mass is 196 g/mol. The number of hydrogen-bond acceptors (Lipinski definition) is 2. The molecule has 0 bridgehead atoms. The third-order valence-electron chi connectivity index (χ3n) is 3.38. The van der Waals surface area contributed by atoms with Crippen LogP contribution in [0.4, 0.5) is 0 Å². The minimum Gasteiger partial charge on any atom is -0.356 e. The van der Waals surface area contributed by atoms with Gasteiger partial charge in [0.15, 0.2) is 0 Å². The molecule has 1 amide bonds. The van der Waals surface area contributed by atoms with Crippen LogP contribution in [0.2, 0.25) is 0 Å². The van der Waals surface area contributed by atoms with Gasteiger partial charge < -0.3 is 5.32 Å². The molecule has 1 atom stereocenters. The van der Waals surface area contributed by atoms with Crippen LogP contribution in [0.15, 0.2) is 0 Å². The van der Waals surface area contributed by atoms with E-state index in [1.807, 2.05) is 0 Å². The standard InChI is InChI=1S/C11H20N2O/c14-11-9-10(5-6-12-11)13-7-3-1-2-4-8-13/h10H,1-9H2,(H,12,14). The van der Waals surface area contributed by atoms with Crippen molar-refractivity contribution < 1.29 is 4.79 Å². The van der Waals surface area contributed by atoms with Crippen molar-refractivity contribution in [3.63, 3.8) is 0 Å². The topological polar surface area (TPSA) is 32.3 Å². The smallest absolute Gasteiger partial charge is 0.221 e. The van der Waals surface area contributed by atoms with Crippen LogP contribution in [0, 0.1) is 0 Å². The summed E-state index contributed by atoms with van der Waals surface area (Å²) >= 11 is 0. The lowest BCUT2D eigenvalue weighted by Crippen LogP contribution is -2.46. The molecular formula is C11H20N2O. The van der Waals surface area contributed by atoms with Gasteiger partial charge in [0.05, 0.1) is 0 Å². The molecule has 14 heavy (non-hydrogen) atoms. The third-order valence-corrected chi connectivity index (χ3v) is 3.38. The number of amides is 1. The van der Waals surface area contributed by atoms with E-state index in [1.165, 1.54) is 38.8 Å². The molecule has 3 heteroatoms. The van der Waals surface area contributed by atoms with Gasteiger partial charge in [0, 0.05) is 19.0 Å². The van der Waals surface area contributed by atoms with Crippen LogP contribution >= 0.6 is 0 Å². The van der Waals surface area contributed by atoms with E-state index in [-0.39, 0.29) is 5.91 Å². The largest absolute Gasteiger partial charge is 0.356 e. The van der Waals surface area contributed by atoms with E-state index in [0.29, 0.717) is 6.04 Å². The van der Waals surface area contributed by atoms with Crippen molar-refractivity contribution in [1.29, 1.82) is 0 Å². The van der Waals surface area contributed by atoms with E-state index in [2.05, 4.69) is 10.2 Å². The maximum absolute atomic E-state index is 11.3. The molecule has 2 saturated heterocycles. The van der Waals surface area contributed by atoms with Gasteiger partial charge in [-0.05, 0) is 32.4 Å². The van der Waals surface area contributed by atoms with E-state index >= 15 is 0 Å². The maximum Gasteiger partial charge on any atom is 0.221 e. The average molecular weight is 196 g/mol. The number of hydrogen-bond donors (Lipinski definition) is 1. The molecule has 0 radical (unpaired) electrons. The fourth-order valence-electron chi connectivity index (χ4n) is 2.54. The zero-order valence-electron chi connectivity index (χ0n) is 8.80. The summed E-state index contributed by atoms with van der Waals surface area (Å²) in [7, 11) is 0. The van der Waals surface area contributed by atoms with E-state index in [4.69, 9.17) is 0 Å². The molecule has 0 aromatic carbocycles. The molecule has 2 aliphatic heterocycles. The molecule has 0 saturated carbocycles. The Bertz CT molecular complexity index is 197. The lowest BCUT2D eigenvalue weighted by Gasteiger charge is -2.33. The number of rotatable bonds is 1. The third kappa shape index (κ3) is 2.47. The Morgan fingerprint density at radius 2 is 1.86 bits per heavy atom. The van der Waals surface area contributed by atoms with Crippen LogP contribution in [0.5, 0.6) is 0 Å². The van der Waals surface area contributed by atoms with E-state index < -0.39 is 0 Å². The van der Waals surface area contributed by atoms with Crippen LogP contribution in [0.25, 0.3) is 0 Å². The Morgan fingerprint density at radius 3 is 2.50 bits per heavy atom. The van der Waals surface area contributed by atoms with Gasteiger partial charge in [0.1, 0.15) is 0 Å². The van der Waals surface area contributed by atoms with Crippen LogP contribution in [-0.2, 0) is 4.79 Å². The molecule has 0 aromatic rings. The second kappa shape index (κ2) is 4.78. The first-order chi connectivity index (χ1) is 6.86. The molecule has 0 aromatic heterocycles. The minimum absolute atomic E-state index is 0.241. The van der Waals surface area contributed by atoms with E-state index in [1.54, 1.807) is 0 Å². The molecule has 80 valence electrons. The molecule has 2 aliphatic rings. The minimum atomic E-state index is 0.241. The predicted molar refractivity (Wildman–Crippen MR) is 56.1 cm³/mol. The Labute approximate surface area is 85.8 Å². The SMILES string of the molecule is O=C1CC(N2CCCCCC2)CCN1. The highest BCUT2D eigenvalue weighted by Gasteiger charge is 2.25. The highest BCUT2D eigenvalue weighted by Crippen LogP contribution is 2.17. The van der Waals surface area contributed by atoms with Crippen molar-refractivity contribution >= 4 is 5.91 Å². The first kappa shape index (κ1) is 9.97. The van der Waals surface area contributed by atoms with Gasteiger partial charge in [-0.1, -0.05) is 12.8 Å². The molecular weight excluding hydrogens is 176 g/mol. The van der Waals surface area contributed by atoms with Gasteiger partial charge >= 0.3 is 0 Å². The first-order valence-corrected chi connectivity index (χ1v) is 5.87. The molecule has 0 aliphatic carbocycles. The van der Waals surface area contributed by atoms with Crippen molar-refractivity contribution in [1.82, 2.24) is 10.2 Å². The summed E-state index contributed by atoms with van der Waals surface area (Å²) in [5, 5.41) is 2.90. The second-order valence-corrected chi connectivity index (χ2v) is 4.45. The fourth-order valence-corrected chi connectivity index (χ4v) is 2.54. The quantitative estimate of drug-likeness (QED) is 0.682. The van der Waals surface area contributed by atoms with Crippen LogP contribution < -0.4 is 5.32 Å². The number of carbonyl (C=O) groups is 1. The molecule has 3 nitrogen and oxygen atoms in total. The Kier molecular flexibility index (Phi) is 3.40. The first-order valence-electron chi connectivity index (χ1n) is 5.87. The number of nitrogens with zero attached hydrogens (tertiary/aromatic N) is 1. The van der Waals surface area contributed by atoms with Gasteiger partial charge in [-0.25, -0.2) is 0 Å². The Balaban J connectivity index is 1.88. The summed E-state index contributed by atoms with van der Waals surface area (Å²) in [6.45, 7) is 3.29. The van der Waals surface area contributed by atoms with Crippen molar-refractivity contribution in [2.24, 2.45) is 0 Å². The number of nitrogens with one attached hydrogen (secondary N) is 1. The average Bonchev–Trinajstić information content (AvgIpc) is 2.45. The van der Waals surface area contributed by atoms with E-state index in [9.17, 15) is 4.79 Å². The molecule has 1 N–H and O–H groups in total. The van der Waals surface area contributed by atoms with Crippen molar-refractivity contribution in [2.75, 3.05) is 19.6 Å². The predicted octanol–water partition coefficient (Wildman–Crippen LogP) is 1.14. The van der Waals surface area contributed by atoms with Gasteiger partial charge in [-0.15, -0.1) is 0 Å². The van der Waals surface area contributed by atoms with Gasteiger partial charge in [0.2, 0.25) is 5.91 Å². The van der Waals surface area contributed by atoms with Crippen molar-refractivity contribution in [3.05, 3.63) is 0 Å². The van der Waals surface area contributed by atoms with Gasteiger partial charge in [-0.2, -0.15) is 0 Å². The van der Waals surface area contributed by atoms with E-state index in [0.717, 1.165) is 19.4 Å². The lowest BCUT2D eigenvalue weighted by molar-refractivity contribution is -0.124. The number of carbonyl (C=O) groups excluding carboxylic acids is 1. The van der Waals surface area contributed by atoms with Crippen molar-refractivity contribution in [3.8, 4) is 0 Å². The second-order valence-electron chi connectivity index (χ2n) is 4.45. The fraction of sp³-hybridized carbons (Fsp3) is 0.909. The molecule has 2 rings (SSSR count). The Morgan fingerprint density at radius 1 is 1.14 bits per heavy atom. The normalized spacial score (nSPS) is 30.9. The van der Waals surface area contributed by atoms with Crippen LogP contribution in [0.1, 0.15) is 38.5 Å². The number of likely N-dealkylation sites (tertiary alicyclic amines) is 1. The van der Waals surface area contributed by atoms with Crippen LogP contribution in [-0.4, -0.2) is 36.5 Å². The summed E-state index contributed by atoms with van der Waals surface area (Å²) in [6.07, 6.45) is 7.24. The molecule has 2 fully saturated rings. The van der Waals surface area contributed by atoms with Gasteiger partial charge in [-0.3, -0.25) is 9.69 Å². The maximum atomic E-state index is 11.3. The van der Waals surface area contributed by atoms with Crippen molar-refractivity contribution in [2.45, 2.75) is 44.6 Å². The summed E-state index contributed by atoms with van der Waals surface area (Å²) in [4.78, 5) is 13.8. The highest BCUT2D eigenvalue weighted by atomic mass is 16.1. The lowest BCUT2D eigenvalue weighted by atomic mass is 10.0. The highest BCUT2D eigenvalue weighted by molar-refractivity contribution is 5.77.